The molecule has 11 heteroatoms. The Labute approximate surface area is 221 Å². The van der Waals surface area contributed by atoms with Gasteiger partial charge in [-0.05, 0) is 42.0 Å². The minimum Gasteiger partial charge on any atom is -0.493 e. The van der Waals surface area contributed by atoms with Gasteiger partial charge >= 0.3 is 17.9 Å². The van der Waals surface area contributed by atoms with E-state index < -0.39 is 22.8 Å². The normalized spacial score (nSPS) is 13.6. The van der Waals surface area contributed by atoms with E-state index in [1.165, 1.54) is 62.6 Å². The Balaban J connectivity index is 1.54. The zero-order valence-electron chi connectivity index (χ0n) is 20.7. The van der Waals surface area contributed by atoms with Crippen molar-refractivity contribution in [3.8, 4) is 17.2 Å². The van der Waals surface area contributed by atoms with Crippen LogP contribution in [-0.4, -0.2) is 35.8 Å². The van der Waals surface area contributed by atoms with Crippen LogP contribution in [0.2, 0.25) is 0 Å². The maximum atomic E-state index is 12.5. The maximum absolute atomic E-state index is 12.5. The van der Waals surface area contributed by atoms with E-state index in [4.69, 9.17) is 18.9 Å². The van der Waals surface area contributed by atoms with Crippen molar-refractivity contribution in [3.05, 3.63) is 105 Å². The second kappa shape index (κ2) is 11.6. The van der Waals surface area contributed by atoms with E-state index in [9.17, 15) is 24.5 Å². The van der Waals surface area contributed by atoms with Gasteiger partial charge in [-0.2, -0.15) is 0 Å². The number of nitrogens with zero attached hydrogens (tertiary/aromatic N) is 2. The van der Waals surface area contributed by atoms with Gasteiger partial charge in [-0.25, -0.2) is 14.6 Å². The highest BCUT2D eigenvalue weighted by atomic mass is 16.6. The lowest BCUT2D eigenvalue weighted by molar-refractivity contribution is -0.384. The monoisotopic (exact) mass is 528 g/mol. The highest BCUT2D eigenvalue weighted by molar-refractivity contribution is 6.13. The Kier molecular flexibility index (Phi) is 7.91. The molecule has 1 aliphatic rings. The van der Waals surface area contributed by atoms with E-state index in [0.29, 0.717) is 16.7 Å². The number of cyclic esters (lactones) is 1. The average molecular weight is 528 g/mol. The van der Waals surface area contributed by atoms with Gasteiger partial charge in [0.15, 0.2) is 17.2 Å². The van der Waals surface area contributed by atoms with Crippen LogP contribution in [0.1, 0.15) is 23.6 Å². The number of hydrogen-bond donors (Lipinski definition) is 0. The summed E-state index contributed by atoms with van der Waals surface area (Å²) in [7, 11) is 1.40. The number of benzene rings is 3. The number of non-ortho nitro benzene ring substituents is 1. The fraction of sp³-hybridized carbons (Fsp3) is 0.0714. The molecule has 0 saturated heterocycles. The lowest BCUT2D eigenvalue weighted by Crippen LogP contribution is -2.07. The van der Waals surface area contributed by atoms with E-state index >= 15 is 0 Å². The van der Waals surface area contributed by atoms with Gasteiger partial charge in [0.2, 0.25) is 5.90 Å². The van der Waals surface area contributed by atoms with Gasteiger partial charge in [0.05, 0.1) is 12.0 Å². The first-order valence-corrected chi connectivity index (χ1v) is 11.4. The van der Waals surface area contributed by atoms with Crippen LogP contribution in [0.4, 0.5) is 5.69 Å². The largest absolute Gasteiger partial charge is 0.493 e. The Hall–Kier alpha value is -5.58. The summed E-state index contributed by atoms with van der Waals surface area (Å²) < 4.78 is 21.0. The number of para-hydroxylation sites is 1. The molecule has 0 saturated carbocycles. The molecule has 0 aromatic heterocycles. The van der Waals surface area contributed by atoms with Crippen LogP contribution in [0.25, 0.3) is 12.2 Å². The first kappa shape index (κ1) is 26.5. The molecule has 0 unspecified atom stereocenters. The van der Waals surface area contributed by atoms with E-state index in [-0.39, 0.29) is 34.5 Å². The SMILES string of the molecule is COc1cc(C2=N/C(=C\c3ccccc3OC(=O)/C=C/c3cccc([N+](=O)[O-])c3)C(=O)O2)ccc1OC(C)=O. The third-order valence-corrected chi connectivity index (χ3v) is 5.20. The molecule has 0 fully saturated rings. The molecule has 11 nitrogen and oxygen atoms in total. The van der Waals surface area contributed by atoms with Crippen LogP contribution in [0.5, 0.6) is 17.2 Å². The molecule has 196 valence electrons. The molecule has 39 heavy (non-hydrogen) atoms. The number of methoxy groups -OCH3 is 1. The average Bonchev–Trinajstić information content (AvgIpc) is 3.28. The van der Waals surface area contributed by atoms with Crippen molar-refractivity contribution < 1.29 is 38.3 Å². The third kappa shape index (κ3) is 6.60. The van der Waals surface area contributed by atoms with Crippen LogP contribution in [0.15, 0.2) is 83.5 Å². The zero-order chi connectivity index (χ0) is 27.9. The number of esters is 3. The van der Waals surface area contributed by atoms with Crippen molar-refractivity contribution in [3.63, 3.8) is 0 Å². The highest BCUT2D eigenvalue weighted by Crippen LogP contribution is 2.31. The molecule has 0 spiro atoms. The number of hydrogen-bond acceptors (Lipinski definition) is 10. The van der Waals surface area contributed by atoms with Crippen molar-refractivity contribution in [2.45, 2.75) is 6.92 Å². The van der Waals surface area contributed by atoms with Crippen LogP contribution >= 0.6 is 0 Å². The molecule has 0 atom stereocenters. The standard InChI is InChI=1S/C28H20N2O9/c1-17(31)37-24-12-11-20(16-25(24)36-2)27-29-22(28(33)39-27)15-19-7-3-4-9-23(19)38-26(32)13-10-18-6-5-8-21(14-18)30(34)35/h3-16H,1-2H3/b13-10+,22-15-. The Bertz CT molecular complexity index is 1570. The van der Waals surface area contributed by atoms with Gasteiger partial charge in [0, 0.05) is 36.3 Å². The summed E-state index contributed by atoms with van der Waals surface area (Å²) in [6, 6.07) is 16.8. The molecular formula is C28H20N2O9. The zero-order valence-corrected chi connectivity index (χ0v) is 20.7. The van der Waals surface area contributed by atoms with Crippen molar-refractivity contribution in [1.29, 1.82) is 0 Å². The summed E-state index contributed by atoms with van der Waals surface area (Å²) in [5.74, 6) is -1.37. The number of ether oxygens (including phenoxy) is 4. The summed E-state index contributed by atoms with van der Waals surface area (Å²) in [5, 5.41) is 10.9. The maximum Gasteiger partial charge on any atom is 0.363 e. The number of aliphatic imine (C=N–C) groups is 1. The number of nitro groups is 1. The summed E-state index contributed by atoms with van der Waals surface area (Å²) in [6.07, 6.45) is 3.94. The van der Waals surface area contributed by atoms with E-state index in [0.717, 1.165) is 6.08 Å². The minimum absolute atomic E-state index is 0.00767. The third-order valence-electron chi connectivity index (χ3n) is 5.20. The summed E-state index contributed by atoms with van der Waals surface area (Å²) in [4.78, 5) is 50.9. The Morgan fingerprint density at radius 3 is 2.51 bits per heavy atom. The van der Waals surface area contributed by atoms with Gasteiger partial charge in [-0.15, -0.1) is 0 Å². The van der Waals surface area contributed by atoms with Crippen LogP contribution in [0.3, 0.4) is 0 Å². The first-order chi connectivity index (χ1) is 18.7. The molecule has 1 aliphatic heterocycles. The molecular weight excluding hydrogens is 508 g/mol. The van der Waals surface area contributed by atoms with Crippen molar-refractivity contribution in [1.82, 2.24) is 0 Å². The summed E-state index contributed by atoms with van der Waals surface area (Å²) in [5.41, 5.74) is 1.10. The molecule has 0 aliphatic carbocycles. The van der Waals surface area contributed by atoms with Crippen LogP contribution in [-0.2, 0) is 19.1 Å². The molecule has 0 radical (unpaired) electrons. The summed E-state index contributed by atoms with van der Waals surface area (Å²) in [6.45, 7) is 1.26. The topological polar surface area (TPSA) is 144 Å². The molecule has 1 heterocycles. The Morgan fingerprint density at radius 2 is 1.77 bits per heavy atom. The number of rotatable bonds is 8. The molecule has 3 aromatic carbocycles. The first-order valence-electron chi connectivity index (χ1n) is 11.4. The van der Waals surface area contributed by atoms with Gasteiger partial charge in [0.1, 0.15) is 5.75 Å². The predicted octanol–water partition coefficient (Wildman–Crippen LogP) is 4.49. The van der Waals surface area contributed by atoms with E-state index in [1.54, 1.807) is 30.3 Å². The van der Waals surface area contributed by atoms with Gasteiger partial charge in [-0.1, -0.05) is 30.3 Å². The van der Waals surface area contributed by atoms with Crippen molar-refractivity contribution >= 4 is 41.6 Å². The van der Waals surface area contributed by atoms with Gasteiger partial charge in [0.25, 0.3) is 5.69 Å². The number of nitro benzene ring substituents is 1. The predicted molar refractivity (Wildman–Crippen MR) is 139 cm³/mol. The van der Waals surface area contributed by atoms with E-state index in [2.05, 4.69) is 4.99 Å². The highest BCUT2D eigenvalue weighted by Gasteiger charge is 2.26. The van der Waals surface area contributed by atoms with Crippen molar-refractivity contribution in [2.24, 2.45) is 4.99 Å². The molecule has 0 N–H and O–H groups in total. The fourth-order valence-corrected chi connectivity index (χ4v) is 3.46. The van der Waals surface area contributed by atoms with Crippen LogP contribution < -0.4 is 14.2 Å². The molecule has 0 amide bonds. The smallest absolute Gasteiger partial charge is 0.363 e. The van der Waals surface area contributed by atoms with E-state index in [1.807, 2.05) is 0 Å². The van der Waals surface area contributed by atoms with Gasteiger partial charge < -0.3 is 18.9 Å². The lowest BCUT2D eigenvalue weighted by Gasteiger charge is -2.09. The summed E-state index contributed by atoms with van der Waals surface area (Å²) >= 11 is 0. The minimum atomic E-state index is -0.731. The second-order valence-corrected chi connectivity index (χ2v) is 7.94. The number of carbonyl (C=O) groups excluding carboxylic acids is 3. The van der Waals surface area contributed by atoms with Gasteiger partial charge in [-0.3, -0.25) is 14.9 Å². The number of carbonyl (C=O) groups is 3. The lowest BCUT2D eigenvalue weighted by atomic mass is 10.1. The molecule has 3 aromatic rings. The second-order valence-electron chi connectivity index (χ2n) is 7.94. The molecule has 4 rings (SSSR count). The molecule has 0 bridgehead atoms. The fourth-order valence-electron chi connectivity index (χ4n) is 3.46. The van der Waals surface area contributed by atoms with Crippen LogP contribution in [0, 0.1) is 10.1 Å². The Morgan fingerprint density at radius 1 is 0.974 bits per heavy atom. The van der Waals surface area contributed by atoms with Crippen molar-refractivity contribution in [2.75, 3.05) is 7.11 Å². The quantitative estimate of drug-likeness (QED) is 0.136.